The van der Waals surface area contributed by atoms with Crippen LogP contribution in [-0.2, 0) is 0 Å². The van der Waals surface area contributed by atoms with E-state index < -0.39 is 0 Å². The second-order valence-corrected chi connectivity index (χ2v) is 10.3. The first-order valence-corrected chi connectivity index (χ1v) is 14.0. The van der Waals surface area contributed by atoms with Crippen LogP contribution >= 0.6 is 0 Å². The molecule has 0 unspecified atom stereocenters. The van der Waals surface area contributed by atoms with Gasteiger partial charge in [0.1, 0.15) is 0 Å². The van der Waals surface area contributed by atoms with Crippen molar-refractivity contribution in [1.29, 1.82) is 0 Å². The average Bonchev–Trinajstić information content (AvgIpc) is 3.07. The summed E-state index contributed by atoms with van der Waals surface area (Å²) in [5, 5.41) is 1.03. The van der Waals surface area contributed by atoms with Crippen molar-refractivity contribution in [3.63, 3.8) is 0 Å². The summed E-state index contributed by atoms with van der Waals surface area (Å²) in [6.07, 6.45) is 0. The summed E-state index contributed by atoms with van der Waals surface area (Å²) < 4.78 is 6.19. The first-order valence-electron chi connectivity index (χ1n) is 14.0. The molecule has 1 aromatic heterocycles. The van der Waals surface area contributed by atoms with E-state index >= 15 is 0 Å². The number of nitrogens with zero attached hydrogens (tertiary/aromatic N) is 3. The number of hydrogen-bond donors (Lipinski definition) is 0. The van der Waals surface area contributed by atoms with Crippen molar-refractivity contribution in [2.75, 3.05) is 4.90 Å². The zero-order valence-corrected chi connectivity index (χ0v) is 22.7. The monoisotopic (exact) mass is 539 g/mol. The van der Waals surface area contributed by atoms with Gasteiger partial charge in [0, 0.05) is 22.2 Å². The molecule has 0 amide bonds. The Morgan fingerprint density at radius 3 is 1.69 bits per heavy atom. The molecule has 1 aliphatic heterocycles. The molecule has 198 valence electrons. The zero-order chi connectivity index (χ0) is 27.9. The Bertz CT molecular complexity index is 2010. The van der Waals surface area contributed by atoms with Crippen LogP contribution in [0.2, 0.25) is 0 Å². The second kappa shape index (κ2) is 10.0. The molecule has 7 aromatic rings. The van der Waals surface area contributed by atoms with Crippen molar-refractivity contribution in [1.82, 2.24) is 9.97 Å². The quantitative estimate of drug-likeness (QED) is 0.223. The van der Waals surface area contributed by atoms with E-state index in [9.17, 15) is 0 Å². The van der Waals surface area contributed by atoms with E-state index in [1.165, 1.54) is 0 Å². The van der Waals surface area contributed by atoms with Crippen LogP contribution in [0.1, 0.15) is 0 Å². The Morgan fingerprint density at radius 2 is 1.02 bits per heavy atom. The highest BCUT2D eigenvalue weighted by Crippen LogP contribution is 2.50. The summed E-state index contributed by atoms with van der Waals surface area (Å²) in [6, 6.07) is 52.0. The molecule has 0 spiro atoms. The molecule has 8 rings (SSSR count). The predicted molar refractivity (Wildman–Crippen MR) is 171 cm³/mol. The molecule has 42 heavy (non-hydrogen) atoms. The van der Waals surface area contributed by atoms with Crippen molar-refractivity contribution < 1.29 is 4.74 Å². The molecule has 6 aromatic carbocycles. The van der Waals surface area contributed by atoms with E-state index in [0.29, 0.717) is 0 Å². The minimum absolute atomic E-state index is 0.721. The lowest BCUT2D eigenvalue weighted by atomic mass is 10.00. The summed E-state index contributed by atoms with van der Waals surface area (Å²) in [7, 11) is 0. The fourth-order valence-corrected chi connectivity index (χ4v) is 5.63. The maximum absolute atomic E-state index is 6.19. The van der Waals surface area contributed by atoms with Crippen LogP contribution in [0.15, 0.2) is 152 Å². The van der Waals surface area contributed by atoms with Gasteiger partial charge in [-0.05, 0) is 59.7 Å². The lowest BCUT2D eigenvalue weighted by molar-refractivity contribution is 0.477. The highest BCUT2D eigenvalue weighted by atomic mass is 16.5. The Labute approximate surface area is 244 Å². The number of aromatic nitrogens is 2. The molecule has 2 heterocycles. The van der Waals surface area contributed by atoms with Crippen LogP contribution in [0.5, 0.6) is 11.5 Å². The van der Waals surface area contributed by atoms with Gasteiger partial charge in [-0.3, -0.25) is 0 Å². The summed E-state index contributed by atoms with van der Waals surface area (Å²) in [4.78, 5) is 12.3. The molecule has 0 fully saturated rings. The number of para-hydroxylation sites is 4. The van der Waals surface area contributed by atoms with E-state index in [4.69, 9.17) is 14.7 Å². The molecular weight excluding hydrogens is 514 g/mol. The maximum atomic E-state index is 6.19. The summed E-state index contributed by atoms with van der Waals surface area (Å²) in [5.41, 5.74) is 9.27. The molecule has 0 bridgehead atoms. The molecule has 0 saturated carbocycles. The van der Waals surface area contributed by atoms with Crippen molar-refractivity contribution in [3.8, 4) is 45.3 Å². The highest BCUT2D eigenvalue weighted by Gasteiger charge is 2.25. The number of ether oxygens (including phenoxy) is 1. The first-order chi connectivity index (χ1) is 20.8. The summed E-state index contributed by atoms with van der Waals surface area (Å²) in [5.74, 6) is 2.41. The minimum Gasteiger partial charge on any atom is -0.453 e. The van der Waals surface area contributed by atoms with Crippen LogP contribution in [0.25, 0.3) is 44.7 Å². The van der Waals surface area contributed by atoms with Gasteiger partial charge in [-0.15, -0.1) is 0 Å². The second-order valence-electron chi connectivity index (χ2n) is 10.3. The molecule has 1 aliphatic rings. The van der Waals surface area contributed by atoms with Gasteiger partial charge < -0.3 is 9.64 Å². The number of hydrogen-bond acceptors (Lipinski definition) is 4. The zero-order valence-electron chi connectivity index (χ0n) is 22.7. The third kappa shape index (κ3) is 4.18. The lowest BCUT2D eigenvalue weighted by Crippen LogP contribution is -2.15. The van der Waals surface area contributed by atoms with E-state index in [0.717, 1.165) is 73.2 Å². The molecule has 0 radical (unpaired) electrons. The van der Waals surface area contributed by atoms with Crippen molar-refractivity contribution in [3.05, 3.63) is 152 Å². The molecule has 4 heteroatoms. The van der Waals surface area contributed by atoms with Crippen molar-refractivity contribution >= 4 is 28.0 Å². The largest absolute Gasteiger partial charge is 0.453 e. The standard InChI is InChI=1S/C38H25N3O/c1-3-11-27(12-4-1)37-31-24-21-29(25-32(31)39-38(40-37)28-13-5-2-6-14-28)26-19-22-30(23-20-26)41-33-15-7-9-17-35(33)42-36-18-10-8-16-34(36)41/h1-25H. The van der Waals surface area contributed by atoms with Crippen LogP contribution < -0.4 is 9.64 Å². The number of benzene rings is 6. The van der Waals surface area contributed by atoms with Gasteiger partial charge in [-0.2, -0.15) is 0 Å². The van der Waals surface area contributed by atoms with E-state index in [2.05, 4.69) is 83.8 Å². The van der Waals surface area contributed by atoms with Gasteiger partial charge >= 0.3 is 0 Å². The fourth-order valence-electron chi connectivity index (χ4n) is 5.63. The minimum atomic E-state index is 0.721. The van der Waals surface area contributed by atoms with Gasteiger partial charge in [0.15, 0.2) is 17.3 Å². The summed E-state index contributed by atoms with van der Waals surface area (Å²) in [6.45, 7) is 0. The number of fused-ring (bicyclic) bond motifs is 3. The van der Waals surface area contributed by atoms with Gasteiger partial charge in [0.25, 0.3) is 0 Å². The fraction of sp³-hybridized carbons (Fsp3) is 0. The number of rotatable bonds is 4. The van der Waals surface area contributed by atoms with E-state index in [1.807, 2.05) is 72.8 Å². The SMILES string of the molecule is c1ccc(-c2nc(-c3ccccc3)c3ccc(-c4ccc(N5c6ccccc6Oc6ccccc65)cc4)cc3n2)cc1. The Hall–Kier alpha value is -5.74. The van der Waals surface area contributed by atoms with Crippen LogP contribution in [0, 0.1) is 0 Å². The molecule has 4 nitrogen and oxygen atoms in total. The van der Waals surface area contributed by atoms with Crippen LogP contribution in [0.4, 0.5) is 17.1 Å². The Balaban J connectivity index is 1.22. The van der Waals surface area contributed by atoms with E-state index in [1.54, 1.807) is 0 Å². The highest BCUT2D eigenvalue weighted by molar-refractivity contribution is 5.96. The Kier molecular flexibility index (Phi) is 5.75. The third-order valence-electron chi connectivity index (χ3n) is 7.67. The molecule has 0 aliphatic carbocycles. The van der Waals surface area contributed by atoms with Gasteiger partial charge in [0.2, 0.25) is 0 Å². The van der Waals surface area contributed by atoms with Gasteiger partial charge in [-0.1, -0.05) is 103 Å². The maximum Gasteiger partial charge on any atom is 0.160 e. The first kappa shape index (κ1) is 24.1. The predicted octanol–water partition coefficient (Wildman–Crippen LogP) is 10.2. The van der Waals surface area contributed by atoms with Gasteiger partial charge in [0.05, 0.1) is 22.6 Å². The van der Waals surface area contributed by atoms with Crippen molar-refractivity contribution in [2.45, 2.75) is 0 Å². The normalized spacial score (nSPS) is 12.0. The number of anilines is 3. The Morgan fingerprint density at radius 1 is 0.452 bits per heavy atom. The smallest absolute Gasteiger partial charge is 0.160 e. The molecule has 0 saturated heterocycles. The topological polar surface area (TPSA) is 38.2 Å². The van der Waals surface area contributed by atoms with Crippen LogP contribution in [0.3, 0.4) is 0 Å². The molecular formula is C38H25N3O. The van der Waals surface area contributed by atoms with E-state index in [-0.39, 0.29) is 0 Å². The molecule has 0 atom stereocenters. The van der Waals surface area contributed by atoms with Crippen molar-refractivity contribution in [2.24, 2.45) is 0 Å². The summed E-state index contributed by atoms with van der Waals surface area (Å²) >= 11 is 0. The average molecular weight is 540 g/mol. The third-order valence-corrected chi connectivity index (χ3v) is 7.67. The van der Waals surface area contributed by atoms with Crippen LogP contribution in [-0.4, -0.2) is 9.97 Å². The van der Waals surface area contributed by atoms with Gasteiger partial charge in [-0.25, -0.2) is 9.97 Å². The molecule has 0 N–H and O–H groups in total. The lowest BCUT2D eigenvalue weighted by Gasteiger charge is -2.32.